The van der Waals surface area contributed by atoms with E-state index in [-0.39, 0.29) is 24.3 Å². The summed E-state index contributed by atoms with van der Waals surface area (Å²) >= 11 is 0. The molecule has 0 bridgehead atoms. The summed E-state index contributed by atoms with van der Waals surface area (Å²) in [5.74, 6) is 0.0611. The van der Waals surface area contributed by atoms with Crippen LogP contribution in [0.15, 0.2) is 24.3 Å². The van der Waals surface area contributed by atoms with E-state index in [1.165, 1.54) is 12.1 Å². The number of rotatable bonds is 4. The topological polar surface area (TPSA) is 61.9 Å². The highest BCUT2D eigenvalue weighted by atomic mass is 19.1. The molecule has 1 N–H and O–H groups in total. The maximum atomic E-state index is 13.0. The van der Waals surface area contributed by atoms with Crippen molar-refractivity contribution in [2.75, 3.05) is 45.9 Å². The molecular weight excluding hydrogens is 325 g/mol. The Kier molecular flexibility index (Phi) is 5.86. The fraction of sp³-hybridized carbons (Fsp3) is 0.556. The normalized spacial score (nSPS) is 20.6. The molecule has 0 saturated carbocycles. The lowest BCUT2D eigenvalue weighted by Gasteiger charge is -2.27. The van der Waals surface area contributed by atoms with Crippen LogP contribution in [0.3, 0.4) is 0 Å². The SMILES string of the molecule is O=C(CNC(=O)N1CC[C@H](Cc2ccc(F)cc2)C1)N1CCOCC1. The molecule has 0 radical (unpaired) electrons. The van der Waals surface area contributed by atoms with Crippen molar-refractivity contribution in [3.63, 3.8) is 0 Å². The van der Waals surface area contributed by atoms with Gasteiger partial charge in [-0.1, -0.05) is 12.1 Å². The number of hydrogen-bond acceptors (Lipinski definition) is 3. The molecule has 0 aromatic heterocycles. The number of hydrogen-bond donors (Lipinski definition) is 1. The van der Waals surface area contributed by atoms with Gasteiger partial charge in [0.05, 0.1) is 19.8 Å². The van der Waals surface area contributed by atoms with Crippen molar-refractivity contribution in [1.29, 1.82) is 0 Å². The van der Waals surface area contributed by atoms with E-state index in [1.807, 2.05) is 0 Å². The Hall–Kier alpha value is -2.15. The summed E-state index contributed by atoms with van der Waals surface area (Å²) in [4.78, 5) is 27.8. The Morgan fingerprint density at radius 1 is 1.12 bits per heavy atom. The fourth-order valence-electron chi connectivity index (χ4n) is 3.33. The number of nitrogens with zero attached hydrogens (tertiary/aromatic N) is 2. The maximum Gasteiger partial charge on any atom is 0.317 e. The zero-order chi connectivity index (χ0) is 17.6. The van der Waals surface area contributed by atoms with Gasteiger partial charge in [-0.15, -0.1) is 0 Å². The number of ether oxygens (including phenoxy) is 1. The largest absolute Gasteiger partial charge is 0.378 e. The average Bonchev–Trinajstić information content (AvgIpc) is 3.10. The van der Waals surface area contributed by atoms with Crippen LogP contribution in [0.2, 0.25) is 0 Å². The summed E-state index contributed by atoms with van der Waals surface area (Å²) in [5, 5.41) is 2.72. The van der Waals surface area contributed by atoms with Gasteiger partial charge in [0.2, 0.25) is 5.91 Å². The van der Waals surface area contributed by atoms with Crippen molar-refractivity contribution in [2.45, 2.75) is 12.8 Å². The first-order valence-corrected chi connectivity index (χ1v) is 8.74. The summed E-state index contributed by atoms with van der Waals surface area (Å²) in [6, 6.07) is 6.32. The minimum Gasteiger partial charge on any atom is -0.378 e. The first kappa shape index (κ1) is 17.7. The van der Waals surface area contributed by atoms with Crippen LogP contribution in [-0.2, 0) is 16.0 Å². The molecule has 2 saturated heterocycles. The van der Waals surface area contributed by atoms with E-state index < -0.39 is 0 Å². The molecule has 0 unspecified atom stereocenters. The number of halogens is 1. The van der Waals surface area contributed by atoms with Gasteiger partial charge in [0.15, 0.2) is 0 Å². The first-order valence-electron chi connectivity index (χ1n) is 8.74. The van der Waals surface area contributed by atoms with E-state index in [0.717, 1.165) is 18.4 Å². The molecule has 2 aliphatic rings. The van der Waals surface area contributed by atoms with Gasteiger partial charge in [0, 0.05) is 26.2 Å². The Balaban J connectivity index is 1.41. The van der Waals surface area contributed by atoms with Gasteiger partial charge in [0.1, 0.15) is 5.82 Å². The van der Waals surface area contributed by atoms with Crippen LogP contribution in [0.1, 0.15) is 12.0 Å². The summed E-state index contributed by atoms with van der Waals surface area (Å²) in [6.07, 6.45) is 1.75. The molecule has 0 aliphatic carbocycles. The predicted molar refractivity (Wildman–Crippen MR) is 90.6 cm³/mol. The van der Waals surface area contributed by atoms with Gasteiger partial charge in [-0.25, -0.2) is 9.18 Å². The summed E-state index contributed by atoms with van der Waals surface area (Å²) in [5.41, 5.74) is 1.08. The highest BCUT2D eigenvalue weighted by Gasteiger charge is 2.27. The third-order valence-electron chi connectivity index (χ3n) is 4.77. The van der Waals surface area contributed by atoms with Crippen molar-refractivity contribution in [3.05, 3.63) is 35.6 Å². The van der Waals surface area contributed by atoms with Crippen LogP contribution < -0.4 is 5.32 Å². The van der Waals surface area contributed by atoms with Crippen LogP contribution in [0.4, 0.5) is 9.18 Å². The standard InChI is InChI=1S/C18H24FN3O3/c19-16-3-1-14(2-4-16)11-15-5-6-22(13-15)18(24)20-12-17(23)21-7-9-25-10-8-21/h1-4,15H,5-13H2,(H,20,24)/t15-/m1/s1. The molecule has 2 fully saturated rings. The second-order valence-electron chi connectivity index (χ2n) is 6.58. The fourth-order valence-corrected chi connectivity index (χ4v) is 3.33. The molecule has 6 nitrogen and oxygen atoms in total. The number of nitrogens with one attached hydrogen (secondary N) is 1. The Morgan fingerprint density at radius 2 is 1.84 bits per heavy atom. The third-order valence-corrected chi connectivity index (χ3v) is 4.77. The van der Waals surface area contributed by atoms with Crippen molar-refractivity contribution in [3.8, 4) is 0 Å². The van der Waals surface area contributed by atoms with Gasteiger partial charge < -0.3 is 19.9 Å². The maximum absolute atomic E-state index is 13.0. The smallest absolute Gasteiger partial charge is 0.317 e. The van der Waals surface area contributed by atoms with Crippen molar-refractivity contribution in [2.24, 2.45) is 5.92 Å². The van der Waals surface area contributed by atoms with E-state index in [2.05, 4.69) is 5.32 Å². The zero-order valence-corrected chi connectivity index (χ0v) is 14.2. The van der Waals surface area contributed by atoms with Crippen molar-refractivity contribution < 1.29 is 18.7 Å². The van der Waals surface area contributed by atoms with E-state index >= 15 is 0 Å². The van der Waals surface area contributed by atoms with Gasteiger partial charge >= 0.3 is 6.03 Å². The predicted octanol–water partition coefficient (Wildman–Crippen LogP) is 1.26. The van der Waals surface area contributed by atoms with Crippen LogP contribution in [0.5, 0.6) is 0 Å². The minimum atomic E-state index is -0.235. The number of carbonyl (C=O) groups is 2. The minimum absolute atomic E-state index is 0.0258. The lowest BCUT2D eigenvalue weighted by atomic mass is 9.99. The van der Waals surface area contributed by atoms with E-state index in [1.54, 1.807) is 21.9 Å². The number of carbonyl (C=O) groups excluding carboxylic acids is 2. The first-order chi connectivity index (χ1) is 12.1. The molecule has 1 aromatic rings. The van der Waals surface area contributed by atoms with Crippen LogP contribution in [0.25, 0.3) is 0 Å². The van der Waals surface area contributed by atoms with Crippen LogP contribution in [0, 0.1) is 11.7 Å². The molecule has 1 atom stereocenters. The Bertz CT molecular complexity index is 602. The molecular formula is C18H24FN3O3. The quantitative estimate of drug-likeness (QED) is 0.890. The van der Waals surface area contributed by atoms with Gasteiger partial charge in [-0.2, -0.15) is 0 Å². The number of benzene rings is 1. The van der Waals surface area contributed by atoms with E-state index in [4.69, 9.17) is 4.74 Å². The second kappa shape index (κ2) is 8.29. The van der Waals surface area contributed by atoms with Gasteiger partial charge in [-0.3, -0.25) is 4.79 Å². The van der Waals surface area contributed by atoms with Gasteiger partial charge in [-0.05, 0) is 36.5 Å². The molecule has 7 heteroatoms. The molecule has 25 heavy (non-hydrogen) atoms. The van der Waals surface area contributed by atoms with Crippen LogP contribution >= 0.6 is 0 Å². The Morgan fingerprint density at radius 3 is 2.56 bits per heavy atom. The average molecular weight is 349 g/mol. The second-order valence-corrected chi connectivity index (χ2v) is 6.58. The summed E-state index contributed by atoms with van der Waals surface area (Å²) in [6.45, 7) is 3.64. The Labute approximate surface area is 146 Å². The molecule has 136 valence electrons. The van der Waals surface area contributed by atoms with Crippen LogP contribution in [-0.4, -0.2) is 67.7 Å². The van der Waals surface area contributed by atoms with Crippen molar-refractivity contribution in [1.82, 2.24) is 15.1 Å². The number of urea groups is 1. The van der Waals surface area contributed by atoms with E-state index in [9.17, 15) is 14.0 Å². The summed E-state index contributed by atoms with van der Waals surface area (Å²) in [7, 11) is 0. The van der Waals surface area contributed by atoms with Gasteiger partial charge in [0.25, 0.3) is 0 Å². The lowest BCUT2D eigenvalue weighted by Crippen LogP contribution is -2.48. The number of amides is 3. The lowest BCUT2D eigenvalue weighted by molar-refractivity contribution is -0.134. The molecule has 3 amide bonds. The van der Waals surface area contributed by atoms with E-state index in [0.29, 0.717) is 45.3 Å². The molecule has 0 spiro atoms. The molecule has 2 heterocycles. The molecule has 1 aromatic carbocycles. The molecule has 3 rings (SSSR count). The number of likely N-dealkylation sites (tertiary alicyclic amines) is 1. The number of morpholine rings is 1. The highest BCUT2D eigenvalue weighted by molar-refractivity contribution is 5.84. The molecule has 2 aliphatic heterocycles. The summed E-state index contributed by atoms with van der Waals surface area (Å²) < 4.78 is 18.2. The highest BCUT2D eigenvalue weighted by Crippen LogP contribution is 2.21. The monoisotopic (exact) mass is 349 g/mol. The zero-order valence-electron chi connectivity index (χ0n) is 14.2. The van der Waals surface area contributed by atoms with Crippen molar-refractivity contribution >= 4 is 11.9 Å². The third kappa shape index (κ3) is 4.92.